The molecule has 2 aromatic rings. The van der Waals surface area contributed by atoms with Crippen molar-refractivity contribution in [2.45, 2.75) is 18.9 Å². The lowest BCUT2D eigenvalue weighted by molar-refractivity contribution is -0.131. The van der Waals surface area contributed by atoms with E-state index in [1.807, 2.05) is 37.4 Å². The third-order valence-corrected chi connectivity index (χ3v) is 4.35. The first-order chi connectivity index (χ1) is 11.1. The quantitative estimate of drug-likeness (QED) is 0.923. The maximum Gasteiger partial charge on any atom is 0.226 e. The van der Waals surface area contributed by atoms with Crippen molar-refractivity contribution >= 4 is 5.91 Å². The number of hydrogen-bond donors (Lipinski definition) is 1. The van der Waals surface area contributed by atoms with Gasteiger partial charge in [0.15, 0.2) is 0 Å². The van der Waals surface area contributed by atoms with Gasteiger partial charge in [0.1, 0.15) is 11.5 Å². The van der Waals surface area contributed by atoms with Gasteiger partial charge in [0, 0.05) is 19.5 Å². The zero-order valence-corrected chi connectivity index (χ0v) is 13.4. The molecule has 0 bridgehead atoms. The zero-order valence-electron chi connectivity index (χ0n) is 13.4. The van der Waals surface area contributed by atoms with Crippen LogP contribution in [0, 0.1) is 5.92 Å². The molecule has 0 saturated heterocycles. The molecule has 3 rings (SSSR count). The first-order valence-corrected chi connectivity index (χ1v) is 7.76. The molecule has 120 valence electrons. The van der Waals surface area contributed by atoms with E-state index in [0.717, 1.165) is 23.3 Å². The van der Waals surface area contributed by atoms with Crippen molar-refractivity contribution in [3.05, 3.63) is 59.7 Å². The summed E-state index contributed by atoms with van der Waals surface area (Å²) in [6, 6.07) is 14.9. The fourth-order valence-electron chi connectivity index (χ4n) is 3.07. The van der Waals surface area contributed by atoms with E-state index in [0.29, 0.717) is 6.54 Å². The van der Waals surface area contributed by atoms with Crippen molar-refractivity contribution < 1.29 is 14.6 Å². The molecule has 1 amide bonds. The number of para-hydroxylation sites is 1. The number of carbonyl (C=O) groups excluding carboxylic acids is 1. The average Bonchev–Trinajstić information content (AvgIpc) is 3.34. The maximum absolute atomic E-state index is 12.6. The first kappa shape index (κ1) is 15.4. The molecule has 0 aromatic heterocycles. The molecule has 0 spiro atoms. The highest BCUT2D eigenvalue weighted by Crippen LogP contribution is 2.51. The monoisotopic (exact) mass is 311 g/mol. The van der Waals surface area contributed by atoms with Crippen LogP contribution in [0.5, 0.6) is 11.5 Å². The molecule has 0 aliphatic heterocycles. The number of carbonyl (C=O) groups is 1. The Kier molecular flexibility index (Phi) is 4.24. The Morgan fingerprint density at radius 3 is 2.78 bits per heavy atom. The number of methoxy groups -OCH3 is 1. The fraction of sp³-hybridized carbons (Fsp3) is 0.316. The van der Waals surface area contributed by atoms with Crippen LogP contribution in [0.4, 0.5) is 0 Å². The van der Waals surface area contributed by atoms with Gasteiger partial charge >= 0.3 is 0 Å². The van der Waals surface area contributed by atoms with Gasteiger partial charge in [-0.2, -0.15) is 0 Å². The van der Waals surface area contributed by atoms with Gasteiger partial charge in [0.05, 0.1) is 7.11 Å². The molecule has 0 radical (unpaired) electrons. The standard InChI is InChI=1S/C19H21NO3/c1-20(12-13-6-5-7-14(21)10-13)19(22)17-11-16(17)15-8-3-4-9-18(15)23-2/h3-10,16-17,21H,11-12H2,1-2H3/t16-,17+/m1/s1. The van der Waals surface area contributed by atoms with Crippen molar-refractivity contribution in [1.82, 2.24) is 4.90 Å². The van der Waals surface area contributed by atoms with Gasteiger partial charge in [-0.3, -0.25) is 4.79 Å². The highest BCUT2D eigenvalue weighted by molar-refractivity contribution is 5.83. The zero-order chi connectivity index (χ0) is 16.4. The molecular formula is C19H21NO3. The van der Waals surface area contributed by atoms with E-state index >= 15 is 0 Å². The van der Waals surface area contributed by atoms with Crippen LogP contribution < -0.4 is 4.74 Å². The predicted octanol–water partition coefficient (Wildman–Crippen LogP) is 3.16. The van der Waals surface area contributed by atoms with E-state index in [2.05, 4.69) is 0 Å². The Labute approximate surface area is 136 Å². The van der Waals surface area contributed by atoms with E-state index in [-0.39, 0.29) is 23.5 Å². The molecule has 1 saturated carbocycles. The second-order valence-corrected chi connectivity index (χ2v) is 6.05. The second kappa shape index (κ2) is 6.32. The molecule has 0 unspecified atom stereocenters. The summed E-state index contributed by atoms with van der Waals surface area (Å²) < 4.78 is 5.39. The molecule has 4 nitrogen and oxygen atoms in total. The van der Waals surface area contributed by atoms with Gasteiger partial charge in [-0.05, 0) is 41.7 Å². The third-order valence-electron chi connectivity index (χ3n) is 4.35. The van der Waals surface area contributed by atoms with E-state index in [9.17, 15) is 9.90 Å². The molecule has 2 atom stereocenters. The van der Waals surface area contributed by atoms with E-state index in [1.165, 1.54) is 0 Å². The van der Waals surface area contributed by atoms with Gasteiger partial charge in [-0.1, -0.05) is 30.3 Å². The van der Waals surface area contributed by atoms with Crippen molar-refractivity contribution in [3.63, 3.8) is 0 Å². The van der Waals surface area contributed by atoms with E-state index in [1.54, 1.807) is 30.2 Å². The Morgan fingerprint density at radius 1 is 1.26 bits per heavy atom. The molecular weight excluding hydrogens is 290 g/mol. The number of phenolic OH excluding ortho intramolecular Hbond substituents is 1. The smallest absolute Gasteiger partial charge is 0.226 e. The number of rotatable bonds is 5. The highest BCUT2D eigenvalue weighted by atomic mass is 16.5. The van der Waals surface area contributed by atoms with Crippen LogP contribution in [0.25, 0.3) is 0 Å². The summed E-state index contributed by atoms with van der Waals surface area (Å²) in [6.07, 6.45) is 0.865. The molecule has 2 aromatic carbocycles. The normalized spacial score (nSPS) is 19.2. The number of phenols is 1. The number of ether oxygens (including phenoxy) is 1. The van der Waals surface area contributed by atoms with Gasteiger partial charge in [0.2, 0.25) is 5.91 Å². The largest absolute Gasteiger partial charge is 0.508 e. The van der Waals surface area contributed by atoms with Crippen LogP contribution in [-0.2, 0) is 11.3 Å². The Balaban J connectivity index is 1.65. The van der Waals surface area contributed by atoms with Gasteiger partial charge < -0.3 is 14.7 Å². The molecule has 1 fully saturated rings. The molecule has 1 N–H and O–H groups in total. The van der Waals surface area contributed by atoms with Crippen LogP contribution in [0.2, 0.25) is 0 Å². The number of benzene rings is 2. The van der Waals surface area contributed by atoms with Crippen LogP contribution in [0.1, 0.15) is 23.5 Å². The lowest BCUT2D eigenvalue weighted by Crippen LogP contribution is -2.28. The van der Waals surface area contributed by atoms with Crippen molar-refractivity contribution in [3.8, 4) is 11.5 Å². The predicted molar refractivity (Wildman–Crippen MR) is 88.4 cm³/mol. The van der Waals surface area contributed by atoms with Gasteiger partial charge in [0.25, 0.3) is 0 Å². The van der Waals surface area contributed by atoms with Crippen LogP contribution in [0.3, 0.4) is 0 Å². The highest BCUT2D eigenvalue weighted by Gasteiger charge is 2.46. The molecule has 1 aliphatic rings. The Hall–Kier alpha value is -2.49. The lowest BCUT2D eigenvalue weighted by Gasteiger charge is -2.18. The summed E-state index contributed by atoms with van der Waals surface area (Å²) in [5.74, 6) is 1.48. The minimum atomic E-state index is 0.0219. The van der Waals surface area contributed by atoms with Crippen molar-refractivity contribution in [2.75, 3.05) is 14.2 Å². The summed E-state index contributed by atoms with van der Waals surface area (Å²) in [5.41, 5.74) is 2.04. The van der Waals surface area contributed by atoms with Gasteiger partial charge in [-0.25, -0.2) is 0 Å². The Morgan fingerprint density at radius 2 is 2.04 bits per heavy atom. The van der Waals surface area contributed by atoms with Crippen LogP contribution in [0.15, 0.2) is 48.5 Å². The molecule has 0 heterocycles. The molecule has 4 heteroatoms. The maximum atomic E-state index is 12.6. The number of aromatic hydroxyl groups is 1. The average molecular weight is 311 g/mol. The topological polar surface area (TPSA) is 49.8 Å². The summed E-state index contributed by atoms with van der Waals surface area (Å²) >= 11 is 0. The van der Waals surface area contributed by atoms with Crippen molar-refractivity contribution in [1.29, 1.82) is 0 Å². The minimum absolute atomic E-state index is 0.0219. The fourth-order valence-corrected chi connectivity index (χ4v) is 3.07. The summed E-state index contributed by atoms with van der Waals surface area (Å²) in [5, 5.41) is 9.52. The molecule has 23 heavy (non-hydrogen) atoms. The van der Waals surface area contributed by atoms with E-state index in [4.69, 9.17) is 4.74 Å². The second-order valence-electron chi connectivity index (χ2n) is 6.05. The van der Waals surface area contributed by atoms with Gasteiger partial charge in [-0.15, -0.1) is 0 Å². The summed E-state index contributed by atoms with van der Waals surface area (Å²) in [4.78, 5) is 14.3. The number of amides is 1. The minimum Gasteiger partial charge on any atom is -0.508 e. The van der Waals surface area contributed by atoms with Crippen molar-refractivity contribution in [2.24, 2.45) is 5.92 Å². The third kappa shape index (κ3) is 3.31. The van der Waals surface area contributed by atoms with E-state index < -0.39 is 0 Å². The number of hydrogen-bond acceptors (Lipinski definition) is 3. The Bertz CT molecular complexity index is 713. The molecule has 1 aliphatic carbocycles. The lowest BCUT2D eigenvalue weighted by atomic mass is 10.1. The summed E-state index contributed by atoms with van der Waals surface area (Å²) in [7, 11) is 3.47. The number of nitrogens with zero attached hydrogens (tertiary/aromatic N) is 1. The SMILES string of the molecule is COc1ccccc1[C@H]1C[C@@H]1C(=O)N(C)Cc1cccc(O)c1. The summed E-state index contributed by atoms with van der Waals surface area (Å²) in [6.45, 7) is 0.502. The first-order valence-electron chi connectivity index (χ1n) is 7.76. The van der Waals surface area contributed by atoms with Crippen LogP contribution >= 0.6 is 0 Å². The van der Waals surface area contributed by atoms with Crippen LogP contribution in [-0.4, -0.2) is 30.1 Å².